The van der Waals surface area contributed by atoms with E-state index in [4.69, 9.17) is 5.11 Å². The zero-order chi connectivity index (χ0) is 14.7. The molecule has 1 aromatic carbocycles. The third kappa shape index (κ3) is 3.23. The van der Waals surface area contributed by atoms with E-state index in [-0.39, 0.29) is 12.3 Å². The van der Waals surface area contributed by atoms with E-state index in [9.17, 15) is 4.79 Å². The maximum Gasteiger partial charge on any atom is 0.303 e. The van der Waals surface area contributed by atoms with Crippen LogP contribution < -0.4 is 0 Å². The highest BCUT2D eigenvalue weighted by Gasteiger charge is 2.15. The number of hydrogen-bond donors (Lipinski definition) is 1. The lowest BCUT2D eigenvalue weighted by molar-refractivity contribution is -0.137. The molecular formula is C15H19N3O2. The normalized spacial score (nSPS) is 11.0. The summed E-state index contributed by atoms with van der Waals surface area (Å²) in [5.74, 6) is 0.832. The Bertz CT molecular complexity index is 617. The van der Waals surface area contributed by atoms with E-state index in [1.165, 1.54) is 0 Å². The summed E-state index contributed by atoms with van der Waals surface area (Å²) < 4.78 is 1.81. The Kier molecular flexibility index (Phi) is 4.17. The molecule has 1 aromatic heterocycles. The van der Waals surface area contributed by atoms with Crippen molar-refractivity contribution in [2.45, 2.75) is 39.5 Å². The van der Waals surface area contributed by atoms with Crippen molar-refractivity contribution in [3.05, 3.63) is 41.5 Å². The molecule has 2 aromatic rings. The molecule has 0 unspecified atom stereocenters. The van der Waals surface area contributed by atoms with Crippen molar-refractivity contribution in [3.8, 4) is 5.69 Å². The third-order valence-electron chi connectivity index (χ3n) is 3.00. The highest BCUT2D eigenvalue weighted by Crippen LogP contribution is 2.18. The van der Waals surface area contributed by atoms with Gasteiger partial charge >= 0.3 is 5.97 Å². The quantitative estimate of drug-likeness (QED) is 0.909. The molecule has 1 heterocycles. The molecule has 0 aliphatic rings. The molecule has 0 aliphatic heterocycles. The monoisotopic (exact) mass is 273 g/mol. The smallest absolute Gasteiger partial charge is 0.303 e. The van der Waals surface area contributed by atoms with E-state index in [1.54, 1.807) is 0 Å². The van der Waals surface area contributed by atoms with Crippen molar-refractivity contribution < 1.29 is 9.90 Å². The average Bonchev–Trinajstić information content (AvgIpc) is 2.80. The summed E-state index contributed by atoms with van der Waals surface area (Å²) >= 11 is 0. The van der Waals surface area contributed by atoms with Gasteiger partial charge in [-0.1, -0.05) is 26.0 Å². The van der Waals surface area contributed by atoms with Gasteiger partial charge in [0, 0.05) is 12.3 Å². The second-order valence-electron chi connectivity index (χ2n) is 5.19. The molecule has 0 spiro atoms. The molecule has 20 heavy (non-hydrogen) atoms. The van der Waals surface area contributed by atoms with Crippen LogP contribution in [0.2, 0.25) is 0 Å². The van der Waals surface area contributed by atoms with Crippen molar-refractivity contribution in [2.75, 3.05) is 0 Å². The zero-order valence-corrected chi connectivity index (χ0v) is 12.0. The first-order valence-electron chi connectivity index (χ1n) is 6.72. The lowest BCUT2D eigenvalue weighted by Gasteiger charge is -2.08. The number of aryl methyl sites for hydroxylation is 2. The number of nitrogens with zero attached hydrogens (tertiary/aromatic N) is 3. The van der Waals surface area contributed by atoms with Crippen LogP contribution in [0.1, 0.15) is 43.4 Å². The predicted molar refractivity (Wildman–Crippen MR) is 76.1 cm³/mol. The van der Waals surface area contributed by atoms with Crippen molar-refractivity contribution in [3.63, 3.8) is 0 Å². The summed E-state index contributed by atoms with van der Waals surface area (Å²) in [6.45, 7) is 6.13. The maximum atomic E-state index is 10.7. The molecular weight excluding hydrogens is 254 g/mol. The van der Waals surface area contributed by atoms with Crippen LogP contribution in [-0.2, 0) is 11.2 Å². The zero-order valence-electron chi connectivity index (χ0n) is 12.0. The van der Waals surface area contributed by atoms with E-state index >= 15 is 0 Å². The standard InChI is InChI=1S/C15H19N3O2/c1-10(2)15-16-13(7-8-14(19)20)17-18(15)12-6-4-5-11(3)9-12/h4-6,9-10H,7-8H2,1-3H3,(H,19,20). The van der Waals surface area contributed by atoms with Crippen LogP contribution in [0.3, 0.4) is 0 Å². The Morgan fingerprint density at radius 1 is 1.40 bits per heavy atom. The number of carboxylic acids is 1. The topological polar surface area (TPSA) is 68.0 Å². The number of carboxylic acid groups (broad SMARTS) is 1. The predicted octanol–water partition coefficient (Wildman–Crippen LogP) is 2.72. The second-order valence-corrected chi connectivity index (χ2v) is 5.19. The number of rotatable bonds is 5. The molecule has 0 radical (unpaired) electrons. The summed E-state index contributed by atoms with van der Waals surface area (Å²) in [4.78, 5) is 15.1. The second kappa shape index (κ2) is 5.86. The van der Waals surface area contributed by atoms with E-state index in [1.807, 2.05) is 35.9 Å². The van der Waals surface area contributed by atoms with E-state index in [0.717, 1.165) is 17.1 Å². The SMILES string of the molecule is Cc1cccc(-n2nc(CCC(=O)O)nc2C(C)C)c1. The van der Waals surface area contributed by atoms with Gasteiger partial charge in [-0.15, -0.1) is 0 Å². The minimum atomic E-state index is -0.831. The van der Waals surface area contributed by atoms with Gasteiger partial charge in [0.1, 0.15) is 5.82 Å². The van der Waals surface area contributed by atoms with Crippen LogP contribution in [0.4, 0.5) is 0 Å². The van der Waals surface area contributed by atoms with Crippen LogP contribution >= 0.6 is 0 Å². The van der Waals surface area contributed by atoms with Gasteiger partial charge in [-0.3, -0.25) is 4.79 Å². The van der Waals surface area contributed by atoms with Crippen molar-refractivity contribution in [1.82, 2.24) is 14.8 Å². The van der Waals surface area contributed by atoms with E-state index in [2.05, 4.69) is 23.9 Å². The van der Waals surface area contributed by atoms with Crippen LogP contribution in [0.5, 0.6) is 0 Å². The summed E-state index contributed by atoms with van der Waals surface area (Å²) in [6, 6.07) is 8.03. The molecule has 0 saturated carbocycles. The van der Waals surface area contributed by atoms with Gasteiger partial charge in [0.25, 0.3) is 0 Å². The summed E-state index contributed by atoms with van der Waals surface area (Å²) in [5, 5.41) is 13.2. The minimum absolute atomic E-state index is 0.0510. The van der Waals surface area contributed by atoms with Gasteiger partial charge < -0.3 is 5.11 Å². The molecule has 5 heteroatoms. The number of benzene rings is 1. The van der Waals surface area contributed by atoms with Gasteiger partial charge in [0.2, 0.25) is 0 Å². The number of aromatic nitrogens is 3. The van der Waals surface area contributed by atoms with Crippen molar-refractivity contribution in [1.29, 1.82) is 0 Å². The van der Waals surface area contributed by atoms with Crippen molar-refractivity contribution in [2.24, 2.45) is 0 Å². The molecule has 1 N–H and O–H groups in total. The summed E-state index contributed by atoms with van der Waals surface area (Å²) in [5.41, 5.74) is 2.11. The fourth-order valence-corrected chi connectivity index (χ4v) is 2.02. The first-order chi connectivity index (χ1) is 9.47. The summed E-state index contributed by atoms with van der Waals surface area (Å²) in [7, 11) is 0. The third-order valence-corrected chi connectivity index (χ3v) is 3.00. The molecule has 0 atom stereocenters. The summed E-state index contributed by atoms with van der Waals surface area (Å²) in [6.07, 6.45) is 0.406. The molecule has 0 bridgehead atoms. The van der Waals surface area contributed by atoms with Gasteiger partial charge in [0.15, 0.2) is 5.82 Å². The lowest BCUT2D eigenvalue weighted by Crippen LogP contribution is -2.05. The van der Waals surface area contributed by atoms with Crippen LogP contribution in [-0.4, -0.2) is 25.8 Å². The molecule has 0 amide bonds. The van der Waals surface area contributed by atoms with Crippen LogP contribution in [0.25, 0.3) is 5.69 Å². The maximum absolute atomic E-state index is 10.7. The molecule has 0 saturated heterocycles. The largest absolute Gasteiger partial charge is 0.481 e. The molecule has 0 aliphatic carbocycles. The van der Waals surface area contributed by atoms with Gasteiger partial charge in [-0.05, 0) is 24.6 Å². The fraction of sp³-hybridized carbons (Fsp3) is 0.400. The Balaban J connectivity index is 2.38. The van der Waals surface area contributed by atoms with Crippen LogP contribution in [0.15, 0.2) is 24.3 Å². The lowest BCUT2D eigenvalue weighted by atomic mass is 10.2. The van der Waals surface area contributed by atoms with Gasteiger partial charge in [-0.2, -0.15) is 5.10 Å². The van der Waals surface area contributed by atoms with Gasteiger partial charge in [-0.25, -0.2) is 9.67 Å². The molecule has 0 fully saturated rings. The highest BCUT2D eigenvalue weighted by atomic mass is 16.4. The Morgan fingerprint density at radius 2 is 2.15 bits per heavy atom. The Hall–Kier alpha value is -2.17. The fourth-order valence-electron chi connectivity index (χ4n) is 2.02. The van der Waals surface area contributed by atoms with Crippen molar-refractivity contribution >= 4 is 5.97 Å². The highest BCUT2D eigenvalue weighted by molar-refractivity contribution is 5.66. The number of hydrogen-bond acceptors (Lipinski definition) is 3. The molecule has 106 valence electrons. The molecule has 2 rings (SSSR count). The van der Waals surface area contributed by atoms with Crippen LogP contribution in [0, 0.1) is 6.92 Å². The van der Waals surface area contributed by atoms with Gasteiger partial charge in [0.05, 0.1) is 12.1 Å². The first kappa shape index (κ1) is 14.2. The minimum Gasteiger partial charge on any atom is -0.481 e. The Labute approximate surface area is 118 Å². The van der Waals surface area contributed by atoms with E-state index < -0.39 is 5.97 Å². The average molecular weight is 273 g/mol. The number of aliphatic carboxylic acids is 1. The van der Waals surface area contributed by atoms with E-state index in [0.29, 0.717) is 12.2 Å². The number of carbonyl (C=O) groups is 1. The Morgan fingerprint density at radius 3 is 2.75 bits per heavy atom. The first-order valence-corrected chi connectivity index (χ1v) is 6.72. The molecule has 5 nitrogen and oxygen atoms in total.